The van der Waals surface area contributed by atoms with Crippen LogP contribution in [0.25, 0.3) is 11.0 Å². The number of hydrogen-bond donors (Lipinski definition) is 2. The van der Waals surface area contributed by atoms with Crippen molar-refractivity contribution >= 4 is 22.6 Å². The molecule has 1 heterocycles. The number of nitrogens with one attached hydrogen (secondary N) is 2. The molecule has 0 saturated carbocycles. The van der Waals surface area contributed by atoms with E-state index < -0.39 is 0 Å². The van der Waals surface area contributed by atoms with E-state index in [9.17, 15) is 4.79 Å². The van der Waals surface area contributed by atoms with E-state index in [1.165, 1.54) is 0 Å². The average molecular weight is 201 g/mol. The molecule has 0 radical (unpaired) electrons. The van der Waals surface area contributed by atoms with E-state index in [1.807, 2.05) is 18.2 Å². The molecule has 2 aromatic rings. The number of hydrogen-bond acceptors (Lipinski definition) is 2. The Balaban J connectivity index is 2.39. The van der Waals surface area contributed by atoms with Crippen molar-refractivity contribution in [2.24, 2.45) is 0 Å². The Labute approximate surface area is 87.0 Å². The van der Waals surface area contributed by atoms with Gasteiger partial charge in [0.2, 0.25) is 0 Å². The second kappa shape index (κ2) is 3.57. The number of aromatic nitrogens is 2. The van der Waals surface area contributed by atoms with Gasteiger partial charge in [0, 0.05) is 5.57 Å². The Kier molecular flexibility index (Phi) is 2.25. The summed E-state index contributed by atoms with van der Waals surface area (Å²) in [6.07, 6.45) is 1.60. The average Bonchev–Trinajstić information content (AvgIpc) is 2.66. The maximum Gasteiger partial charge on any atom is 0.250 e. The number of imidazole rings is 1. The summed E-state index contributed by atoms with van der Waals surface area (Å²) >= 11 is 0. The summed E-state index contributed by atoms with van der Waals surface area (Å²) in [6.45, 7) is 5.25. The van der Waals surface area contributed by atoms with E-state index in [4.69, 9.17) is 0 Å². The van der Waals surface area contributed by atoms with Gasteiger partial charge in [-0.1, -0.05) is 12.6 Å². The highest BCUT2D eigenvalue weighted by Gasteiger charge is 2.06. The zero-order chi connectivity index (χ0) is 10.8. The van der Waals surface area contributed by atoms with Crippen LogP contribution in [0.1, 0.15) is 6.92 Å². The molecule has 0 spiro atoms. The first-order valence-corrected chi connectivity index (χ1v) is 4.57. The quantitative estimate of drug-likeness (QED) is 0.731. The normalized spacial score (nSPS) is 10.2. The van der Waals surface area contributed by atoms with Crippen molar-refractivity contribution in [3.05, 3.63) is 36.7 Å². The van der Waals surface area contributed by atoms with Crippen molar-refractivity contribution in [2.75, 3.05) is 5.32 Å². The van der Waals surface area contributed by atoms with Gasteiger partial charge < -0.3 is 10.3 Å². The molecule has 0 fully saturated rings. The van der Waals surface area contributed by atoms with Gasteiger partial charge in [-0.15, -0.1) is 0 Å². The highest BCUT2D eigenvalue weighted by atomic mass is 16.1. The van der Waals surface area contributed by atoms with Crippen LogP contribution in [0.3, 0.4) is 0 Å². The van der Waals surface area contributed by atoms with Crippen LogP contribution in [-0.4, -0.2) is 15.9 Å². The minimum Gasteiger partial charge on any atom is -0.345 e. The lowest BCUT2D eigenvalue weighted by Gasteiger charge is -2.04. The number of benzene rings is 1. The zero-order valence-electron chi connectivity index (χ0n) is 8.37. The van der Waals surface area contributed by atoms with Gasteiger partial charge in [-0.25, -0.2) is 4.98 Å². The number of amides is 1. The fourth-order valence-electron chi connectivity index (χ4n) is 1.30. The summed E-state index contributed by atoms with van der Waals surface area (Å²) in [5.74, 6) is -0.189. The molecular formula is C11H11N3O. The predicted octanol–water partition coefficient (Wildman–Crippen LogP) is 2.08. The van der Waals surface area contributed by atoms with E-state index in [-0.39, 0.29) is 5.91 Å². The number of rotatable bonds is 2. The topological polar surface area (TPSA) is 57.8 Å². The largest absolute Gasteiger partial charge is 0.345 e. The Hall–Kier alpha value is -2.10. The minimum absolute atomic E-state index is 0.189. The smallest absolute Gasteiger partial charge is 0.250 e. The Morgan fingerprint density at radius 1 is 1.53 bits per heavy atom. The van der Waals surface area contributed by atoms with Crippen LogP contribution in [0.4, 0.5) is 5.69 Å². The molecule has 0 atom stereocenters. The lowest BCUT2D eigenvalue weighted by atomic mass is 10.2. The second-order valence-electron chi connectivity index (χ2n) is 3.34. The number of anilines is 1. The van der Waals surface area contributed by atoms with Gasteiger partial charge in [0.05, 0.1) is 17.5 Å². The SMILES string of the molecule is C=C(C)C(=O)Nc1cccc2[nH]cnc12. The van der Waals surface area contributed by atoms with E-state index >= 15 is 0 Å². The third-order valence-corrected chi connectivity index (χ3v) is 2.09. The predicted molar refractivity (Wildman–Crippen MR) is 59.5 cm³/mol. The molecule has 4 nitrogen and oxygen atoms in total. The summed E-state index contributed by atoms with van der Waals surface area (Å²) in [4.78, 5) is 18.5. The first-order chi connectivity index (χ1) is 7.18. The Bertz CT molecular complexity index is 527. The highest BCUT2D eigenvalue weighted by molar-refractivity contribution is 6.06. The standard InChI is InChI=1S/C11H11N3O/c1-7(2)11(15)14-9-5-3-4-8-10(9)13-6-12-8/h3-6H,1H2,2H3,(H,12,13)(H,14,15). The van der Waals surface area contributed by atoms with Crippen LogP contribution in [0.15, 0.2) is 36.7 Å². The summed E-state index contributed by atoms with van der Waals surface area (Å²) < 4.78 is 0. The van der Waals surface area contributed by atoms with E-state index in [1.54, 1.807) is 13.3 Å². The van der Waals surface area contributed by atoms with Crippen LogP contribution in [0.2, 0.25) is 0 Å². The van der Waals surface area contributed by atoms with Crippen molar-refractivity contribution in [3.63, 3.8) is 0 Å². The van der Waals surface area contributed by atoms with Crippen molar-refractivity contribution in [1.29, 1.82) is 0 Å². The van der Waals surface area contributed by atoms with Crippen molar-refractivity contribution in [3.8, 4) is 0 Å². The Morgan fingerprint density at radius 2 is 2.33 bits per heavy atom. The van der Waals surface area contributed by atoms with Crippen LogP contribution < -0.4 is 5.32 Å². The fourth-order valence-corrected chi connectivity index (χ4v) is 1.30. The highest BCUT2D eigenvalue weighted by Crippen LogP contribution is 2.19. The number of carbonyl (C=O) groups is 1. The first-order valence-electron chi connectivity index (χ1n) is 4.57. The number of carbonyl (C=O) groups excluding carboxylic acids is 1. The molecule has 1 aromatic carbocycles. The van der Waals surface area contributed by atoms with Crippen molar-refractivity contribution < 1.29 is 4.79 Å². The lowest BCUT2D eigenvalue weighted by molar-refractivity contribution is -0.112. The third kappa shape index (κ3) is 1.74. The van der Waals surface area contributed by atoms with Crippen molar-refractivity contribution in [2.45, 2.75) is 6.92 Å². The molecule has 2 N–H and O–H groups in total. The van der Waals surface area contributed by atoms with E-state index in [2.05, 4.69) is 21.9 Å². The molecular weight excluding hydrogens is 190 g/mol. The monoisotopic (exact) mass is 201 g/mol. The van der Waals surface area contributed by atoms with E-state index in [0.29, 0.717) is 11.3 Å². The summed E-state index contributed by atoms with van der Waals surface area (Å²) in [7, 11) is 0. The first kappa shape index (κ1) is 9.45. The van der Waals surface area contributed by atoms with Gasteiger partial charge in [0.25, 0.3) is 5.91 Å². The molecule has 0 unspecified atom stereocenters. The molecule has 0 aliphatic heterocycles. The number of fused-ring (bicyclic) bond motifs is 1. The molecule has 15 heavy (non-hydrogen) atoms. The van der Waals surface area contributed by atoms with Crippen LogP contribution in [-0.2, 0) is 4.79 Å². The van der Waals surface area contributed by atoms with Gasteiger partial charge in [-0.2, -0.15) is 0 Å². The summed E-state index contributed by atoms with van der Waals surface area (Å²) in [5.41, 5.74) is 2.82. The number of H-pyrrole nitrogens is 1. The second-order valence-corrected chi connectivity index (χ2v) is 3.34. The maximum atomic E-state index is 11.4. The van der Waals surface area contributed by atoms with Crippen LogP contribution in [0.5, 0.6) is 0 Å². The van der Waals surface area contributed by atoms with Crippen LogP contribution in [0, 0.1) is 0 Å². The number of nitrogens with zero attached hydrogens (tertiary/aromatic N) is 1. The fraction of sp³-hybridized carbons (Fsp3) is 0.0909. The van der Waals surface area contributed by atoms with Gasteiger partial charge in [-0.3, -0.25) is 4.79 Å². The molecule has 0 saturated heterocycles. The van der Waals surface area contributed by atoms with Crippen LogP contribution >= 0.6 is 0 Å². The molecule has 0 bridgehead atoms. The summed E-state index contributed by atoms with van der Waals surface area (Å²) in [5, 5.41) is 2.75. The molecule has 0 aliphatic rings. The molecule has 2 rings (SSSR count). The lowest BCUT2D eigenvalue weighted by Crippen LogP contribution is -2.11. The molecule has 1 aromatic heterocycles. The van der Waals surface area contributed by atoms with Gasteiger partial charge in [-0.05, 0) is 19.1 Å². The number of para-hydroxylation sites is 1. The zero-order valence-corrected chi connectivity index (χ0v) is 8.37. The van der Waals surface area contributed by atoms with Gasteiger partial charge >= 0.3 is 0 Å². The number of aromatic amines is 1. The third-order valence-electron chi connectivity index (χ3n) is 2.09. The summed E-state index contributed by atoms with van der Waals surface area (Å²) in [6, 6.07) is 5.57. The maximum absolute atomic E-state index is 11.4. The van der Waals surface area contributed by atoms with Gasteiger partial charge in [0.1, 0.15) is 5.52 Å². The van der Waals surface area contributed by atoms with E-state index in [0.717, 1.165) is 11.0 Å². The van der Waals surface area contributed by atoms with Crippen molar-refractivity contribution in [1.82, 2.24) is 9.97 Å². The molecule has 1 amide bonds. The molecule has 0 aliphatic carbocycles. The Morgan fingerprint density at radius 3 is 3.07 bits per heavy atom. The molecule has 76 valence electrons. The molecule has 4 heteroatoms. The minimum atomic E-state index is -0.189. The van der Waals surface area contributed by atoms with Gasteiger partial charge in [0.15, 0.2) is 0 Å².